The van der Waals surface area contributed by atoms with Gasteiger partial charge in [0.1, 0.15) is 11.4 Å². The highest BCUT2D eigenvalue weighted by Gasteiger charge is 2.36. The van der Waals surface area contributed by atoms with Crippen LogP contribution >= 0.6 is 0 Å². The highest BCUT2D eigenvalue weighted by molar-refractivity contribution is 5.86. The molecular formula is C27H33N3O3. The van der Waals surface area contributed by atoms with Gasteiger partial charge in [-0.1, -0.05) is 36.8 Å². The first-order valence-electron chi connectivity index (χ1n) is 12.1. The van der Waals surface area contributed by atoms with Crippen molar-refractivity contribution in [3.8, 4) is 0 Å². The van der Waals surface area contributed by atoms with Crippen LogP contribution in [0.15, 0.2) is 42.5 Å². The summed E-state index contributed by atoms with van der Waals surface area (Å²) in [7, 11) is 0. The molecule has 3 unspecified atom stereocenters. The molecule has 2 aromatic carbocycles. The number of carboxylic acids is 1. The fourth-order valence-corrected chi connectivity index (χ4v) is 5.75. The van der Waals surface area contributed by atoms with Gasteiger partial charge in [0.25, 0.3) is 0 Å². The lowest BCUT2D eigenvalue weighted by Gasteiger charge is -2.32. The predicted octanol–water partition coefficient (Wildman–Crippen LogP) is 5.05. The van der Waals surface area contributed by atoms with E-state index in [2.05, 4.69) is 28.9 Å². The molecule has 3 N–H and O–H groups in total. The number of nitrogens with zero attached hydrogens (tertiary/aromatic N) is 2. The molecule has 1 fully saturated rings. The fourth-order valence-electron chi connectivity index (χ4n) is 5.75. The molecule has 1 aliphatic carbocycles. The van der Waals surface area contributed by atoms with Crippen LogP contribution in [0.2, 0.25) is 0 Å². The number of hydrogen-bond acceptors (Lipinski definition) is 4. The Labute approximate surface area is 194 Å². The lowest BCUT2D eigenvalue weighted by atomic mass is 9.85. The number of fused-ring (bicyclic) bond motifs is 3. The molecular weight excluding hydrogens is 414 g/mol. The van der Waals surface area contributed by atoms with E-state index in [9.17, 15) is 15.0 Å². The Balaban J connectivity index is 1.65. The van der Waals surface area contributed by atoms with E-state index in [4.69, 9.17) is 4.98 Å². The summed E-state index contributed by atoms with van der Waals surface area (Å²) in [5.74, 6) is -0.435. The molecule has 174 valence electrons. The quantitative estimate of drug-likeness (QED) is 0.509. The van der Waals surface area contributed by atoms with Crippen molar-refractivity contribution >= 4 is 22.7 Å². The lowest BCUT2D eigenvalue weighted by molar-refractivity contribution is -0.143. The molecule has 0 spiro atoms. The van der Waals surface area contributed by atoms with Crippen LogP contribution in [0.1, 0.15) is 68.9 Å². The molecule has 2 heterocycles. The average molecular weight is 448 g/mol. The SMILES string of the molecule is C[C@H]1CCc2c(ccc3c2nc(C(C)(O)Cc2ccccc2)n3C2CCCC(C(=O)O)C2)N1. The van der Waals surface area contributed by atoms with Gasteiger partial charge in [0.15, 0.2) is 0 Å². The summed E-state index contributed by atoms with van der Waals surface area (Å²) >= 11 is 0. The fraction of sp³-hybridized carbons (Fsp3) is 0.481. The molecule has 1 saturated carbocycles. The topological polar surface area (TPSA) is 87.4 Å². The van der Waals surface area contributed by atoms with Gasteiger partial charge in [0.2, 0.25) is 0 Å². The minimum absolute atomic E-state index is 0.00983. The number of carbonyl (C=O) groups is 1. The van der Waals surface area contributed by atoms with E-state index in [-0.39, 0.29) is 12.0 Å². The number of aliphatic carboxylic acids is 1. The summed E-state index contributed by atoms with van der Waals surface area (Å²) in [5, 5.41) is 25.0. The van der Waals surface area contributed by atoms with E-state index < -0.39 is 11.6 Å². The third-order valence-corrected chi connectivity index (χ3v) is 7.43. The number of aliphatic hydroxyl groups is 1. The minimum atomic E-state index is -1.18. The zero-order chi connectivity index (χ0) is 23.2. The Kier molecular flexibility index (Phi) is 5.65. The van der Waals surface area contributed by atoms with Crippen molar-refractivity contribution in [2.24, 2.45) is 5.92 Å². The van der Waals surface area contributed by atoms with Crippen molar-refractivity contribution < 1.29 is 15.0 Å². The van der Waals surface area contributed by atoms with E-state index in [1.807, 2.05) is 37.3 Å². The first-order valence-corrected chi connectivity index (χ1v) is 12.1. The molecule has 0 saturated heterocycles. The smallest absolute Gasteiger partial charge is 0.306 e. The third-order valence-electron chi connectivity index (χ3n) is 7.43. The van der Waals surface area contributed by atoms with Gasteiger partial charge in [-0.2, -0.15) is 0 Å². The Morgan fingerprint density at radius 2 is 1.97 bits per heavy atom. The summed E-state index contributed by atoms with van der Waals surface area (Å²) in [5.41, 5.74) is 4.13. The Morgan fingerprint density at radius 3 is 2.73 bits per heavy atom. The summed E-state index contributed by atoms with van der Waals surface area (Å²) in [6.45, 7) is 4.03. The molecule has 0 bridgehead atoms. The monoisotopic (exact) mass is 447 g/mol. The zero-order valence-corrected chi connectivity index (χ0v) is 19.4. The maximum Gasteiger partial charge on any atom is 0.306 e. The molecule has 4 atom stereocenters. The molecule has 2 aliphatic rings. The first-order chi connectivity index (χ1) is 15.8. The molecule has 1 aromatic heterocycles. The normalized spacial score (nSPS) is 24.6. The van der Waals surface area contributed by atoms with Crippen LogP contribution in [0.25, 0.3) is 11.0 Å². The van der Waals surface area contributed by atoms with Gasteiger partial charge in [-0.25, -0.2) is 4.98 Å². The summed E-state index contributed by atoms with van der Waals surface area (Å²) in [4.78, 5) is 16.9. The number of anilines is 1. The molecule has 0 radical (unpaired) electrons. The second kappa shape index (κ2) is 8.49. The molecule has 1 aliphatic heterocycles. The number of benzene rings is 2. The van der Waals surface area contributed by atoms with Gasteiger partial charge in [0.05, 0.1) is 17.0 Å². The highest BCUT2D eigenvalue weighted by atomic mass is 16.4. The maximum atomic E-state index is 11.8. The molecule has 6 nitrogen and oxygen atoms in total. The molecule has 33 heavy (non-hydrogen) atoms. The van der Waals surface area contributed by atoms with Crippen LogP contribution in [0.3, 0.4) is 0 Å². The second-order valence-electron chi connectivity index (χ2n) is 10.1. The molecule has 0 amide bonds. The van der Waals surface area contributed by atoms with Crippen LogP contribution in [0, 0.1) is 5.92 Å². The van der Waals surface area contributed by atoms with E-state index in [0.29, 0.717) is 31.1 Å². The first kappa shape index (κ1) is 22.0. The van der Waals surface area contributed by atoms with Crippen LogP contribution in [0.5, 0.6) is 0 Å². The molecule has 3 aromatic rings. The summed E-state index contributed by atoms with van der Waals surface area (Å²) in [6, 6.07) is 14.6. The zero-order valence-electron chi connectivity index (χ0n) is 19.4. The van der Waals surface area contributed by atoms with Gasteiger partial charge < -0.3 is 20.1 Å². The van der Waals surface area contributed by atoms with Crippen LogP contribution in [-0.2, 0) is 23.2 Å². The minimum Gasteiger partial charge on any atom is -0.481 e. The van der Waals surface area contributed by atoms with E-state index >= 15 is 0 Å². The second-order valence-corrected chi connectivity index (χ2v) is 10.1. The number of imidazole rings is 1. The van der Waals surface area contributed by atoms with Crippen molar-refractivity contribution in [2.45, 2.75) is 76.5 Å². The number of hydrogen-bond donors (Lipinski definition) is 3. The Hall–Kier alpha value is -2.86. The number of aromatic nitrogens is 2. The van der Waals surface area contributed by atoms with Gasteiger partial charge in [-0.15, -0.1) is 0 Å². The van der Waals surface area contributed by atoms with Gasteiger partial charge >= 0.3 is 5.97 Å². The van der Waals surface area contributed by atoms with E-state index in [1.165, 1.54) is 5.56 Å². The highest BCUT2D eigenvalue weighted by Crippen LogP contribution is 2.41. The standard InChI is InChI=1S/C27H33N3O3/c1-17-11-12-21-22(28-17)13-14-23-24(21)29-26(27(2,33)16-18-7-4-3-5-8-18)30(23)20-10-6-9-19(15-20)25(31)32/h3-5,7-8,13-14,17,19-20,28,33H,6,9-12,15-16H2,1-2H3,(H,31,32)/t17-,19?,20?,27?/m0/s1. The number of nitrogens with one attached hydrogen (secondary N) is 1. The van der Waals surface area contributed by atoms with Crippen molar-refractivity contribution in [3.63, 3.8) is 0 Å². The van der Waals surface area contributed by atoms with Crippen molar-refractivity contribution in [1.29, 1.82) is 0 Å². The van der Waals surface area contributed by atoms with Crippen molar-refractivity contribution in [1.82, 2.24) is 9.55 Å². The van der Waals surface area contributed by atoms with Gasteiger partial charge in [-0.05, 0) is 63.6 Å². The Morgan fingerprint density at radius 1 is 1.18 bits per heavy atom. The Bertz CT molecular complexity index is 1170. The number of carboxylic acid groups (broad SMARTS) is 1. The van der Waals surface area contributed by atoms with Crippen LogP contribution < -0.4 is 5.32 Å². The summed E-state index contributed by atoms with van der Waals surface area (Å²) in [6.07, 6.45) is 5.48. The average Bonchev–Trinajstić information content (AvgIpc) is 3.20. The predicted molar refractivity (Wildman–Crippen MR) is 129 cm³/mol. The number of rotatable bonds is 5. The lowest BCUT2D eigenvalue weighted by Crippen LogP contribution is -2.32. The largest absolute Gasteiger partial charge is 0.481 e. The maximum absolute atomic E-state index is 11.8. The summed E-state index contributed by atoms with van der Waals surface area (Å²) < 4.78 is 2.17. The van der Waals surface area contributed by atoms with Gasteiger partial charge in [0, 0.05) is 29.8 Å². The van der Waals surface area contributed by atoms with Crippen molar-refractivity contribution in [3.05, 3.63) is 59.4 Å². The molecule has 5 rings (SSSR count). The molecule has 6 heteroatoms. The van der Waals surface area contributed by atoms with Crippen molar-refractivity contribution in [2.75, 3.05) is 5.32 Å². The number of aryl methyl sites for hydroxylation is 1. The van der Waals surface area contributed by atoms with E-state index in [0.717, 1.165) is 48.0 Å². The van der Waals surface area contributed by atoms with Crippen LogP contribution in [-0.4, -0.2) is 31.8 Å². The van der Waals surface area contributed by atoms with E-state index in [1.54, 1.807) is 0 Å². The van der Waals surface area contributed by atoms with Crippen LogP contribution in [0.4, 0.5) is 5.69 Å². The van der Waals surface area contributed by atoms with Gasteiger partial charge in [-0.3, -0.25) is 4.79 Å². The third kappa shape index (κ3) is 4.12.